The van der Waals surface area contributed by atoms with Crippen molar-refractivity contribution >= 4 is 123 Å². The highest BCUT2D eigenvalue weighted by atomic mass is 32.2. The van der Waals surface area contributed by atoms with Crippen molar-refractivity contribution in [1.82, 2.24) is 58.1 Å². The van der Waals surface area contributed by atoms with Gasteiger partial charge in [0.25, 0.3) is 0 Å². The summed E-state index contributed by atoms with van der Waals surface area (Å²) in [4.78, 5) is 182. The van der Waals surface area contributed by atoms with Crippen LogP contribution in [0.3, 0.4) is 0 Å². The standard InChI is InChI=1S/C63H86N13O16PS2/c1-34(68-58(83)44(69-37(4)77)18-11-13-27-66-52(79)22-10-9-21-50-54-47(33-95-50)73-63(88)75-54)56(81)67-35(2)57(82)71-46(31-41-32-94-49-20-8-7-17-42(41)49)60(85)74-53(36(3)92-93(89,90)91)62(87)76-28-14-12-19-48(76)61(86)72-45(59(84)70-43(55(65)80)25-26-51(64)78)30-38-23-24-39-15-5-6-16-40(39)29-38/h5-8,15-17,20,23-24,29,32,34-36,43-48,50,53-54H,9-14,18-19,21-22,25-28,30-31,33H2,1-4H3,(H2,64,78)(H2,65,80)(H,66,79)(H,67,81)(H,68,83)(H,69,77)(H,70,84)(H,71,82)(H,72,86)(H,74,85)(H2,73,75,88)(H2,89,90,91)/t34-,35-,36+,43-,44-,45-,46-,47-,48-,50-,53+,54-/m0/s1. The van der Waals surface area contributed by atoms with Crippen LogP contribution < -0.4 is 64.6 Å². The van der Waals surface area contributed by atoms with Gasteiger partial charge in [-0.2, -0.15) is 11.8 Å². The molecule has 29 nitrogen and oxygen atoms in total. The third-order valence-corrected chi connectivity index (χ3v) is 19.9. The van der Waals surface area contributed by atoms with Gasteiger partial charge in [-0.05, 0) is 117 Å². The summed E-state index contributed by atoms with van der Waals surface area (Å²) in [5.41, 5.74) is 12.1. The fourth-order valence-electron chi connectivity index (χ4n) is 11.8. The molecule has 95 heavy (non-hydrogen) atoms. The Morgan fingerprint density at radius 1 is 0.705 bits per heavy atom. The number of nitrogens with zero attached hydrogens (tertiary/aromatic N) is 1. The summed E-state index contributed by atoms with van der Waals surface area (Å²) in [5.74, 6) is -7.73. The normalized spacial score (nSPS) is 19.3. The first-order valence-electron chi connectivity index (χ1n) is 31.7. The van der Waals surface area contributed by atoms with Crippen molar-refractivity contribution in [2.75, 3.05) is 18.8 Å². The smallest absolute Gasteiger partial charge is 0.370 e. The number of unbranched alkanes of at least 4 members (excludes halogenated alkanes) is 2. The first-order valence-corrected chi connectivity index (χ1v) is 35.2. The van der Waals surface area contributed by atoms with Crippen LogP contribution in [0.2, 0.25) is 0 Å². The lowest BCUT2D eigenvalue weighted by molar-refractivity contribution is -0.148. The van der Waals surface area contributed by atoms with Crippen LogP contribution in [0.25, 0.3) is 20.9 Å². The summed E-state index contributed by atoms with van der Waals surface area (Å²) < 4.78 is 18.3. The van der Waals surface area contributed by atoms with Gasteiger partial charge < -0.3 is 79.3 Å². The zero-order chi connectivity index (χ0) is 69.1. The number of fused-ring (bicyclic) bond motifs is 3. The van der Waals surface area contributed by atoms with E-state index in [-0.39, 0.29) is 69.1 Å². The molecule has 16 N–H and O–H groups in total. The first kappa shape index (κ1) is 74.2. The molecule has 0 spiro atoms. The number of thiophene rings is 1. The van der Waals surface area contributed by atoms with Crippen LogP contribution in [-0.2, 0) is 74.7 Å². The molecule has 0 saturated carbocycles. The maximum atomic E-state index is 15.1. The molecule has 0 unspecified atom stereocenters. The summed E-state index contributed by atoms with van der Waals surface area (Å²) in [6.07, 6.45) is 1.78. The molecule has 13 amide bonds. The molecule has 32 heteroatoms. The van der Waals surface area contributed by atoms with Crippen LogP contribution >= 0.6 is 30.9 Å². The minimum atomic E-state index is -5.42. The van der Waals surface area contributed by atoms with E-state index in [4.69, 9.17) is 16.0 Å². The maximum Gasteiger partial charge on any atom is 0.469 e. The number of hydrogen-bond donors (Lipinski definition) is 14. The van der Waals surface area contributed by atoms with Crippen molar-refractivity contribution in [3.8, 4) is 0 Å². The minimum absolute atomic E-state index is 0.0128. The van der Waals surface area contributed by atoms with E-state index in [1.807, 2.05) is 48.2 Å². The first-order chi connectivity index (χ1) is 45.1. The third kappa shape index (κ3) is 22.2. The van der Waals surface area contributed by atoms with E-state index in [0.717, 1.165) is 45.9 Å². The number of phosphoric acid groups is 1. The van der Waals surface area contributed by atoms with Gasteiger partial charge in [-0.1, -0.05) is 67.1 Å². The Morgan fingerprint density at radius 3 is 2.08 bits per heavy atom. The van der Waals surface area contributed by atoms with E-state index in [1.54, 1.807) is 35.7 Å². The second-order valence-electron chi connectivity index (χ2n) is 24.2. The molecular formula is C63H86N13O16PS2. The highest BCUT2D eigenvalue weighted by Gasteiger charge is 2.44. The molecule has 1 aromatic heterocycles. The highest BCUT2D eigenvalue weighted by Crippen LogP contribution is 2.39. The number of thioether (sulfide) groups is 1. The van der Waals surface area contributed by atoms with Crippen molar-refractivity contribution in [2.45, 2.75) is 189 Å². The fourth-order valence-corrected chi connectivity index (χ4v) is 14.8. The third-order valence-electron chi connectivity index (χ3n) is 16.8. The topological polar surface area (TPSA) is 447 Å². The average Bonchev–Trinajstić information content (AvgIpc) is 1.82. The lowest BCUT2D eigenvalue weighted by Crippen LogP contribution is -2.63. The van der Waals surface area contributed by atoms with E-state index < -0.39 is 121 Å². The van der Waals surface area contributed by atoms with Gasteiger partial charge in [0.1, 0.15) is 48.3 Å². The zero-order valence-corrected chi connectivity index (χ0v) is 55.9. The summed E-state index contributed by atoms with van der Waals surface area (Å²) in [6, 6.07) is 8.64. The number of piperidine rings is 1. The van der Waals surface area contributed by atoms with Crippen molar-refractivity contribution in [1.29, 1.82) is 0 Å². The van der Waals surface area contributed by atoms with Gasteiger partial charge in [0.05, 0.1) is 18.2 Å². The van der Waals surface area contributed by atoms with Gasteiger partial charge in [-0.15, -0.1) is 11.3 Å². The molecule has 3 saturated heterocycles. The van der Waals surface area contributed by atoms with Gasteiger partial charge in [0.15, 0.2) is 0 Å². The average molecular weight is 1380 g/mol. The molecule has 4 aromatic rings. The second-order valence-corrected chi connectivity index (χ2v) is 27.6. The Hall–Kier alpha value is -8.22. The quantitative estimate of drug-likeness (QED) is 0.0173. The Bertz CT molecular complexity index is 3520. The number of nitrogens with two attached hydrogens (primary N) is 2. The number of hydrogen-bond acceptors (Lipinski definition) is 16. The minimum Gasteiger partial charge on any atom is -0.370 e. The number of amides is 13. The summed E-state index contributed by atoms with van der Waals surface area (Å²) in [5, 5.41) is 31.3. The molecule has 516 valence electrons. The predicted molar refractivity (Wildman–Crippen MR) is 354 cm³/mol. The van der Waals surface area contributed by atoms with Crippen LogP contribution in [0.15, 0.2) is 72.1 Å². The van der Waals surface area contributed by atoms with E-state index in [2.05, 4.69) is 53.2 Å². The molecule has 3 aromatic carbocycles. The number of likely N-dealkylation sites (tertiary alicyclic amines) is 1. The van der Waals surface area contributed by atoms with Crippen molar-refractivity contribution in [2.24, 2.45) is 11.5 Å². The Labute approximate surface area is 557 Å². The van der Waals surface area contributed by atoms with Crippen molar-refractivity contribution in [3.63, 3.8) is 0 Å². The maximum absolute atomic E-state index is 15.1. The van der Waals surface area contributed by atoms with Crippen molar-refractivity contribution in [3.05, 3.63) is 83.2 Å². The second kappa shape index (κ2) is 35.0. The van der Waals surface area contributed by atoms with Crippen molar-refractivity contribution < 1.29 is 76.4 Å². The van der Waals surface area contributed by atoms with Gasteiger partial charge in [0, 0.05) is 61.4 Å². The number of nitrogens with one attached hydrogen (secondary N) is 10. The number of carbonyl (C=O) groups is 12. The monoisotopic (exact) mass is 1380 g/mol. The molecule has 7 rings (SSSR count). The molecule has 0 bridgehead atoms. The number of primary amides is 2. The van der Waals surface area contributed by atoms with Gasteiger partial charge in [0.2, 0.25) is 65.0 Å². The van der Waals surface area contributed by atoms with Crippen LogP contribution in [-0.4, -0.2) is 176 Å². The molecule has 4 heterocycles. The molecule has 3 fully saturated rings. The number of phosphoric ester groups is 1. The predicted octanol–water partition coefficient (Wildman–Crippen LogP) is 0.935. The van der Waals surface area contributed by atoms with Crippen LogP contribution in [0, 0.1) is 0 Å². The van der Waals surface area contributed by atoms with Gasteiger partial charge in [-0.3, -0.25) is 57.3 Å². The number of carbonyl (C=O) groups excluding carboxylic acids is 12. The number of benzene rings is 3. The molecule has 3 aliphatic heterocycles. The summed E-state index contributed by atoms with van der Waals surface area (Å²) >= 11 is 3.16. The van der Waals surface area contributed by atoms with E-state index in [1.165, 1.54) is 32.1 Å². The van der Waals surface area contributed by atoms with Crippen LogP contribution in [0.1, 0.15) is 116 Å². The Balaban J connectivity index is 1.00. The van der Waals surface area contributed by atoms with Gasteiger partial charge in [-0.25, -0.2) is 9.36 Å². The molecule has 0 aliphatic carbocycles. The summed E-state index contributed by atoms with van der Waals surface area (Å²) in [6.45, 7) is 5.22. The number of urea groups is 1. The lowest BCUT2D eigenvalue weighted by Gasteiger charge is -2.39. The van der Waals surface area contributed by atoms with Gasteiger partial charge >= 0.3 is 13.9 Å². The SMILES string of the molecule is CC(=O)N[C@@H](CCCCNC(=O)CCCC[C@@H]1SC[C@@H]2NC(=O)N[C@@H]21)C(=O)N[C@@H](C)C(=O)N[C@@H](C)C(=O)N[C@@H](Cc1csc2ccccc12)C(=O)N[C@@H](C(=O)N1CCCC[C@H]1C(=O)N[C@@H](Cc1ccc2ccccc2c1)C(=O)N[C@@H](CCC(N)=O)C(N)=O)[C@@H](C)OP(=O)(O)O. The molecule has 12 atom stereocenters. The number of rotatable bonds is 35. The van der Waals surface area contributed by atoms with E-state index >= 15 is 4.79 Å². The zero-order valence-electron chi connectivity index (χ0n) is 53.4. The van der Waals surface area contributed by atoms with E-state index in [0.29, 0.717) is 66.8 Å². The Morgan fingerprint density at radius 2 is 1.37 bits per heavy atom. The van der Waals surface area contributed by atoms with Crippen LogP contribution in [0.5, 0.6) is 0 Å². The highest BCUT2D eigenvalue weighted by molar-refractivity contribution is 8.00. The Kier molecular flexibility index (Phi) is 27.3. The fraction of sp³-hybridized carbons (Fsp3) is 0.524. The summed E-state index contributed by atoms with van der Waals surface area (Å²) in [7, 11) is -5.42. The molecule has 3 aliphatic rings. The largest absolute Gasteiger partial charge is 0.469 e. The van der Waals surface area contributed by atoms with E-state index in [9.17, 15) is 67.1 Å². The molecular weight excluding hydrogens is 1290 g/mol. The van der Waals surface area contributed by atoms with Crippen LogP contribution in [0.4, 0.5) is 4.79 Å². The lowest BCUT2D eigenvalue weighted by atomic mass is 9.97. The molecule has 0 radical (unpaired) electrons.